The maximum atomic E-state index is 2.16. The quantitative estimate of drug-likeness (QED) is 0.166. The van der Waals surface area contributed by atoms with Crippen molar-refractivity contribution in [2.24, 2.45) is 0 Å². The Balaban J connectivity index is -0.0000000562. The van der Waals surface area contributed by atoms with Gasteiger partial charge in [-0.25, -0.2) is 0 Å². The van der Waals surface area contributed by atoms with Gasteiger partial charge in [-0.2, -0.15) is 0 Å². The highest BCUT2D eigenvalue weighted by molar-refractivity contribution is 5.82. The van der Waals surface area contributed by atoms with E-state index in [2.05, 4.69) is 158 Å². The first-order valence-corrected chi connectivity index (χ1v) is 29.0. The molecule has 0 fully saturated rings. The second kappa shape index (κ2) is 115. The van der Waals surface area contributed by atoms with Gasteiger partial charge in [0.15, 0.2) is 0 Å². The molecule has 0 saturated heterocycles. The highest BCUT2D eigenvalue weighted by Gasteiger charge is 1.93. The molecule has 71 heavy (non-hydrogen) atoms. The summed E-state index contributed by atoms with van der Waals surface area (Å²) in [5, 5.41) is 2.62. The molecule has 0 aliphatic rings. The molecule has 7 rings (SSSR count). The van der Waals surface area contributed by atoms with Gasteiger partial charge in [-0.15, -0.1) is 0 Å². The van der Waals surface area contributed by atoms with Crippen molar-refractivity contribution in [3.63, 3.8) is 0 Å². The van der Waals surface area contributed by atoms with Crippen molar-refractivity contribution >= 4 is 10.8 Å². The molecular formula is C71H126. The van der Waals surface area contributed by atoms with E-state index in [9.17, 15) is 0 Å². The maximum absolute atomic E-state index is 2.16. The van der Waals surface area contributed by atoms with E-state index in [1.165, 1.54) is 33.0 Å². The number of hydrogen-bond donors (Lipinski definition) is 0. The zero-order chi connectivity index (χ0) is 58.2. The van der Waals surface area contributed by atoms with Crippen LogP contribution in [0.3, 0.4) is 0 Å². The topological polar surface area (TPSA) is 0 Å². The third kappa shape index (κ3) is 73.9. The molecule has 0 amide bonds. The van der Waals surface area contributed by atoms with Crippen LogP contribution in [0.2, 0.25) is 0 Å². The van der Waals surface area contributed by atoms with Crippen molar-refractivity contribution in [1.82, 2.24) is 0 Å². The standard InChI is InChI=1S/C13H12.C12H10.C10H8.C6H6.15C2H6/c1-3-7-12(8-4-1)11-13-9-5-2-6-10-13;1-3-7-11(8-4-1)12-9-5-2-6-10-12;1-2-6-10-8-4-3-7-9(10)5-1;1-2-4-6-5-3-1;15*1-2/h1-10H,11H2;1-10H;1-8H;1-6H;15*1-2H3. The van der Waals surface area contributed by atoms with Gasteiger partial charge in [0, 0.05) is 0 Å². The van der Waals surface area contributed by atoms with Gasteiger partial charge in [-0.3, -0.25) is 0 Å². The van der Waals surface area contributed by atoms with Crippen molar-refractivity contribution in [3.05, 3.63) is 217 Å². The van der Waals surface area contributed by atoms with Crippen LogP contribution in [0.1, 0.15) is 219 Å². The predicted molar refractivity (Wildman–Crippen MR) is 348 cm³/mol. The van der Waals surface area contributed by atoms with Gasteiger partial charge >= 0.3 is 0 Å². The third-order valence-corrected chi connectivity index (χ3v) is 6.30. The molecule has 0 aliphatic carbocycles. The summed E-state index contributed by atoms with van der Waals surface area (Å²) in [6, 6.07) is 70.6. The maximum Gasteiger partial charge on any atom is -0.00258 e. The molecule has 0 N–H and O–H groups in total. The summed E-state index contributed by atoms with van der Waals surface area (Å²) >= 11 is 0. The summed E-state index contributed by atoms with van der Waals surface area (Å²) in [4.78, 5) is 0. The Hall–Kier alpha value is -5.20. The fourth-order valence-electron chi connectivity index (χ4n) is 4.21. The van der Waals surface area contributed by atoms with Gasteiger partial charge in [0.05, 0.1) is 0 Å². The van der Waals surface area contributed by atoms with Crippen LogP contribution >= 0.6 is 0 Å². The highest BCUT2D eigenvalue weighted by Crippen LogP contribution is 2.17. The summed E-state index contributed by atoms with van der Waals surface area (Å²) < 4.78 is 0. The van der Waals surface area contributed by atoms with Crippen LogP contribution in [-0.4, -0.2) is 0 Å². The first-order valence-electron chi connectivity index (χ1n) is 29.0. The second-order valence-corrected chi connectivity index (χ2v) is 9.38. The van der Waals surface area contributed by atoms with Crippen LogP contribution in [0.4, 0.5) is 0 Å². The fourth-order valence-corrected chi connectivity index (χ4v) is 4.21. The van der Waals surface area contributed by atoms with Crippen molar-refractivity contribution in [1.29, 1.82) is 0 Å². The normalized spacial score (nSPS) is 6.79. The van der Waals surface area contributed by atoms with Crippen molar-refractivity contribution in [2.45, 2.75) is 214 Å². The van der Waals surface area contributed by atoms with Gasteiger partial charge in [-0.05, 0) is 39.4 Å². The van der Waals surface area contributed by atoms with Gasteiger partial charge < -0.3 is 0 Å². The van der Waals surface area contributed by atoms with Crippen molar-refractivity contribution in [2.75, 3.05) is 0 Å². The molecule has 0 heterocycles. The average Bonchev–Trinajstić information content (AvgIpc) is 3.54. The summed E-state index contributed by atoms with van der Waals surface area (Å²) in [7, 11) is 0. The minimum absolute atomic E-state index is 1.03. The van der Waals surface area contributed by atoms with E-state index in [1.54, 1.807) is 0 Å². The summed E-state index contributed by atoms with van der Waals surface area (Å²) in [5.41, 5.74) is 5.29. The monoisotopic (exact) mass is 979 g/mol. The fraction of sp³-hybridized carbons (Fsp3) is 0.437. The Morgan fingerprint density at radius 2 is 0.282 bits per heavy atom. The van der Waals surface area contributed by atoms with Crippen LogP contribution in [0.15, 0.2) is 206 Å². The third-order valence-electron chi connectivity index (χ3n) is 6.30. The first kappa shape index (κ1) is 95.5. The molecule has 0 saturated carbocycles. The molecule has 0 aromatic heterocycles. The Bertz CT molecular complexity index is 1440. The Kier molecular flexibility index (Phi) is 155. The lowest BCUT2D eigenvalue weighted by molar-refractivity contribution is 1.19. The predicted octanol–water partition coefficient (Wildman–Crippen LogP) is 26.6. The lowest BCUT2D eigenvalue weighted by Gasteiger charge is -2.00. The van der Waals surface area contributed by atoms with Crippen LogP contribution in [0.25, 0.3) is 21.9 Å². The Morgan fingerprint density at radius 1 is 0.155 bits per heavy atom. The Labute approximate surface area is 451 Å². The van der Waals surface area contributed by atoms with Crippen molar-refractivity contribution < 1.29 is 0 Å². The molecule has 0 atom stereocenters. The van der Waals surface area contributed by atoms with Gasteiger partial charge in [0.1, 0.15) is 0 Å². The highest BCUT2D eigenvalue weighted by atomic mass is 14.0. The summed E-state index contributed by atoms with van der Waals surface area (Å²) in [6.45, 7) is 60.0. The number of rotatable bonds is 3. The second-order valence-electron chi connectivity index (χ2n) is 9.38. The van der Waals surface area contributed by atoms with Crippen LogP contribution in [0.5, 0.6) is 0 Å². The minimum Gasteiger partial charge on any atom is -0.0683 e. The van der Waals surface area contributed by atoms with E-state index in [4.69, 9.17) is 0 Å². The molecule has 0 aliphatic heterocycles. The SMILES string of the molecule is CC.CC.CC.CC.CC.CC.CC.CC.CC.CC.CC.CC.CC.CC.CC.c1ccc(-c2ccccc2)cc1.c1ccc(Cc2ccccc2)cc1.c1ccc2ccccc2c1.c1ccccc1. The molecule has 7 aromatic carbocycles. The lowest BCUT2D eigenvalue weighted by atomic mass is 10.1. The zero-order valence-electron chi connectivity index (χ0n) is 53.3. The van der Waals surface area contributed by atoms with E-state index < -0.39 is 0 Å². The van der Waals surface area contributed by atoms with E-state index in [0.29, 0.717) is 0 Å². The summed E-state index contributed by atoms with van der Waals surface area (Å²) in [5.74, 6) is 0. The summed E-state index contributed by atoms with van der Waals surface area (Å²) in [6.07, 6.45) is 1.03. The van der Waals surface area contributed by atoms with E-state index in [-0.39, 0.29) is 0 Å². The van der Waals surface area contributed by atoms with Crippen LogP contribution in [-0.2, 0) is 6.42 Å². The molecule has 0 spiro atoms. The molecule has 410 valence electrons. The average molecular weight is 980 g/mol. The van der Waals surface area contributed by atoms with E-state index in [1.807, 2.05) is 256 Å². The molecule has 0 unspecified atom stereocenters. The van der Waals surface area contributed by atoms with E-state index >= 15 is 0 Å². The van der Waals surface area contributed by atoms with Crippen molar-refractivity contribution in [3.8, 4) is 11.1 Å². The molecular weight excluding hydrogens is 853 g/mol. The molecule has 0 bridgehead atoms. The molecule has 7 aromatic rings. The van der Waals surface area contributed by atoms with Crippen LogP contribution < -0.4 is 0 Å². The lowest BCUT2D eigenvalue weighted by Crippen LogP contribution is -1.85. The Morgan fingerprint density at radius 3 is 0.451 bits per heavy atom. The van der Waals surface area contributed by atoms with Crippen LogP contribution in [0, 0.1) is 0 Å². The smallest absolute Gasteiger partial charge is 0.00258 e. The molecule has 0 heteroatoms. The number of hydrogen-bond acceptors (Lipinski definition) is 0. The number of benzene rings is 7. The first-order chi connectivity index (χ1) is 35.4. The van der Waals surface area contributed by atoms with Gasteiger partial charge in [0.2, 0.25) is 0 Å². The largest absolute Gasteiger partial charge is 0.0683 e. The minimum atomic E-state index is 1.03. The van der Waals surface area contributed by atoms with Gasteiger partial charge in [-0.1, -0.05) is 414 Å². The molecule has 0 radical (unpaired) electrons. The molecule has 0 nitrogen and oxygen atoms in total. The van der Waals surface area contributed by atoms with E-state index in [0.717, 1.165) is 6.42 Å². The number of fused-ring (bicyclic) bond motifs is 1. The zero-order valence-corrected chi connectivity index (χ0v) is 53.3. The van der Waals surface area contributed by atoms with Gasteiger partial charge in [0.25, 0.3) is 0 Å².